The van der Waals surface area contributed by atoms with Crippen molar-refractivity contribution in [3.05, 3.63) is 33.9 Å². The number of nitro groups is 1. The van der Waals surface area contributed by atoms with Crippen LogP contribution in [0, 0.1) is 27.4 Å². The van der Waals surface area contributed by atoms with Crippen LogP contribution in [-0.2, 0) is 0 Å². The van der Waals surface area contributed by atoms with Gasteiger partial charge in [-0.3, -0.25) is 10.1 Å². The summed E-state index contributed by atoms with van der Waals surface area (Å²) in [5, 5.41) is 23.1. The maximum Gasteiger partial charge on any atom is 0.309 e. The van der Waals surface area contributed by atoms with Crippen molar-refractivity contribution in [2.45, 2.75) is 39.7 Å². The fourth-order valence-electron chi connectivity index (χ4n) is 2.04. The monoisotopic (exact) mass is 261 g/mol. The number of para-hydroxylation sites is 1. The predicted octanol–water partition coefficient (Wildman–Crippen LogP) is 3.70. The van der Waals surface area contributed by atoms with Gasteiger partial charge >= 0.3 is 5.69 Å². The number of nitriles is 1. The maximum atomic E-state index is 11.1. The number of hydrogen-bond acceptors (Lipinski definition) is 4. The predicted molar refractivity (Wildman–Crippen MR) is 75.0 cm³/mol. The average molecular weight is 261 g/mol. The first kappa shape index (κ1) is 15.0. The highest BCUT2D eigenvalue weighted by atomic mass is 16.6. The molecule has 0 aliphatic carbocycles. The zero-order chi connectivity index (χ0) is 14.4. The van der Waals surface area contributed by atoms with E-state index in [2.05, 4.69) is 19.2 Å². The minimum Gasteiger partial charge on any atom is -0.377 e. The van der Waals surface area contributed by atoms with E-state index in [1.807, 2.05) is 13.0 Å². The van der Waals surface area contributed by atoms with Gasteiger partial charge in [0.15, 0.2) is 0 Å². The van der Waals surface area contributed by atoms with Crippen LogP contribution in [-0.4, -0.2) is 11.0 Å². The molecule has 0 aliphatic rings. The van der Waals surface area contributed by atoms with E-state index in [-0.39, 0.29) is 17.3 Å². The molecule has 1 aromatic carbocycles. The minimum absolute atomic E-state index is 0.0886. The molecule has 0 amide bonds. The van der Waals surface area contributed by atoms with E-state index in [4.69, 9.17) is 5.26 Å². The van der Waals surface area contributed by atoms with Crippen LogP contribution in [0.3, 0.4) is 0 Å². The summed E-state index contributed by atoms with van der Waals surface area (Å²) >= 11 is 0. The van der Waals surface area contributed by atoms with Crippen LogP contribution in [0.15, 0.2) is 18.2 Å². The van der Waals surface area contributed by atoms with Crippen molar-refractivity contribution < 1.29 is 4.92 Å². The van der Waals surface area contributed by atoms with Crippen LogP contribution in [0.4, 0.5) is 11.4 Å². The van der Waals surface area contributed by atoms with Gasteiger partial charge in [-0.2, -0.15) is 5.26 Å². The van der Waals surface area contributed by atoms with E-state index >= 15 is 0 Å². The number of nitrogens with zero attached hydrogens (tertiary/aromatic N) is 2. The molecule has 0 spiro atoms. The van der Waals surface area contributed by atoms with E-state index in [0.29, 0.717) is 11.6 Å². The molecule has 5 nitrogen and oxygen atoms in total. The Morgan fingerprint density at radius 1 is 1.47 bits per heavy atom. The van der Waals surface area contributed by atoms with E-state index in [9.17, 15) is 10.1 Å². The van der Waals surface area contributed by atoms with Crippen LogP contribution in [0.25, 0.3) is 0 Å². The third-order valence-corrected chi connectivity index (χ3v) is 3.19. The second kappa shape index (κ2) is 6.74. The molecule has 1 rings (SSSR count). The lowest BCUT2D eigenvalue weighted by Gasteiger charge is -2.18. The molecule has 102 valence electrons. The summed E-state index contributed by atoms with van der Waals surface area (Å²) in [4.78, 5) is 10.6. The molecule has 0 heterocycles. The van der Waals surface area contributed by atoms with Crippen LogP contribution < -0.4 is 5.32 Å². The van der Waals surface area contributed by atoms with Crippen molar-refractivity contribution >= 4 is 11.4 Å². The molecular weight excluding hydrogens is 242 g/mol. The molecule has 2 atom stereocenters. The second-order valence-corrected chi connectivity index (χ2v) is 4.87. The molecule has 1 N–H and O–H groups in total. The number of benzene rings is 1. The van der Waals surface area contributed by atoms with Gasteiger partial charge < -0.3 is 5.32 Å². The van der Waals surface area contributed by atoms with Crippen LogP contribution in [0.2, 0.25) is 0 Å². The Balaban J connectivity index is 2.95. The summed E-state index contributed by atoms with van der Waals surface area (Å²) in [6.07, 6.45) is 2.01. The van der Waals surface area contributed by atoms with Gasteiger partial charge in [0.1, 0.15) is 17.3 Å². The smallest absolute Gasteiger partial charge is 0.309 e. The lowest BCUT2D eigenvalue weighted by Crippen LogP contribution is -2.19. The first-order valence-electron chi connectivity index (χ1n) is 6.43. The lowest BCUT2D eigenvalue weighted by molar-refractivity contribution is -0.384. The molecule has 0 fully saturated rings. The quantitative estimate of drug-likeness (QED) is 0.625. The third-order valence-electron chi connectivity index (χ3n) is 3.19. The Bertz CT molecular complexity index is 494. The molecule has 19 heavy (non-hydrogen) atoms. The van der Waals surface area contributed by atoms with Crippen LogP contribution in [0.5, 0.6) is 0 Å². The van der Waals surface area contributed by atoms with E-state index in [1.54, 1.807) is 12.1 Å². The van der Waals surface area contributed by atoms with Crippen LogP contribution in [0.1, 0.15) is 39.2 Å². The number of nitro benzene ring substituents is 1. The van der Waals surface area contributed by atoms with Gasteiger partial charge in [-0.25, -0.2) is 0 Å². The first-order valence-corrected chi connectivity index (χ1v) is 6.43. The van der Waals surface area contributed by atoms with Crippen molar-refractivity contribution in [3.63, 3.8) is 0 Å². The zero-order valence-corrected chi connectivity index (χ0v) is 11.5. The average Bonchev–Trinajstić information content (AvgIpc) is 2.37. The highest BCUT2D eigenvalue weighted by molar-refractivity contribution is 5.68. The van der Waals surface area contributed by atoms with Crippen molar-refractivity contribution in [2.24, 2.45) is 5.92 Å². The normalized spacial score (nSPS) is 13.4. The SMILES string of the molecule is CCC(C)CC(C)Nc1cccc(C#N)c1[N+](=O)[O-]. The summed E-state index contributed by atoms with van der Waals surface area (Å²) < 4.78 is 0. The molecule has 0 saturated heterocycles. The molecular formula is C14H19N3O2. The lowest BCUT2D eigenvalue weighted by atomic mass is 10.00. The number of anilines is 1. The van der Waals surface area contributed by atoms with E-state index in [0.717, 1.165) is 12.8 Å². The highest BCUT2D eigenvalue weighted by Crippen LogP contribution is 2.29. The van der Waals surface area contributed by atoms with E-state index < -0.39 is 4.92 Å². The minimum atomic E-state index is -0.503. The molecule has 0 radical (unpaired) electrons. The van der Waals surface area contributed by atoms with Crippen molar-refractivity contribution in [1.29, 1.82) is 5.26 Å². The van der Waals surface area contributed by atoms with Gasteiger partial charge in [-0.15, -0.1) is 0 Å². The van der Waals surface area contributed by atoms with Crippen molar-refractivity contribution in [2.75, 3.05) is 5.32 Å². The Morgan fingerprint density at radius 3 is 2.68 bits per heavy atom. The first-order chi connectivity index (χ1) is 8.99. The number of hydrogen-bond donors (Lipinski definition) is 1. The fraction of sp³-hybridized carbons (Fsp3) is 0.500. The third kappa shape index (κ3) is 3.95. The molecule has 5 heteroatoms. The fourth-order valence-corrected chi connectivity index (χ4v) is 2.04. The summed E-state index contributed by atoms with van der Waals surface area (Å²) in [5.74, 6) is 0.556. The molecule has 0 bridgehead atoms. The Labute approximate surface area is 113 Å². The molecule has 0 aromatic heterocycles. The van der Waals surface area contributed by atoms with Gasteiger partial charge in [0.25, 0.3) is 0 Å². The van der Waals surface area contributed by atoms with Gasteiger partial charge in [0, 0.05) is 6.04 Å². The number of nitrogens with one attached hydrogen (secondary N) is 1. The maximum absolute atomic E-state index is 11.1. The van der Waals surface area contributed by atoms with Crippen molar-refractivity contribution in [1.82, 2.24) is 0 Å². The Morgan fingerprint density at radius 2 is 2.16 bits per heavy atom. The molecule has 0 saturated carbocycles. The van der Waals surface area contributed by atoms with Gasteiger partial charge in [-0.05, 0) is 31.4 Å². The number of rotatable bonds is 6. The Kier molecular flexibility index (Phi) is 5.31. The van der Waals surface area contributed by atoms with E-state index in [1.165, 1.54) is 6.07 Å². The summed E-state index contributed by atoms with van der Waals surface area (Å²) in [6.45, 7) is 6.27. The summed E-state index contributed by atoms with van der Waals surface area (Å²) in [7, 11) is 0. The van der Waals surface area contributed by atoms with Crippen molar-refractivity contribution in [3.8, 4) is 6.07 Å². The summed E-state index contributed by atoms with van der Waals surface area (Å²) in [5.41, 5.74) is 0.367. The summed E-state index contributed by atoms with van der Waals surface area (Å²) in [6, 6.07) is 6.75. The molecule has 1 aromatic rings. The second-order valence-electron chi connectivity index (χ2n) is 4.87. The largest absolute Gasteiger partial charge is 0.377 e. The van der Waals surface area contributed by atoms with Crippen LogP contribution >= 0.6 is 0 Å². The molecule has 0 aliphatic heterocycles. The topological polar surface area (TPSA) is 79.0 Å². The van der Waals surface area contributed by atoms with Gasteiger partial charge in [-0.1, -0.05) is 26.3 Å². The van der Waals surface area contributed by atoms with Gasteiger partial charge in [0.05, 0.1) is 4.92 Å². The van der Waals surface area contributed by atoms with Gasteiger partial charge in [0.2, 0.25) is 0 Å². The highest BCUT2D eigenvalue weighted by Gasteiger charge is 2.20. The Hall–Kier alpha value is -2.09. The zero-order valence-electron chi connectivity index (χ0n) is 11.5. The molecule has 2 unspecified atom stereocenters. The standard InChI is InChI=1S/C14H19N3O2/c1-4-10(2)8-11(3)16-13-7-5-6-12(9-15)14(13)17(18)19/h5-7,10-11,16H,4,8H2,1-3H3.